The Hall–Kier alpha value is -4.10. The Labute approximate surface area is 183 Å². The van der Waals surface area contributed by atoms with Crippen LogP contribution in [0.25, 0.3) is 39.0 Å². The molecule has 0 spiro atoms. The molecular weight excluding hydrogens is 402 g/mol. The van der Waals surface area contributed by atoms with Crippen LogP contribution in [-0.2, 0) is 6.42 Å². The minimum atomic E-state index is -0.163. The number of nitrogens with zero attached hydrogens (tertiary/aromatic N) is 3. The number of para-hydroxylation sites is 2. The van der Waals surface area contributed by atoms with Crippen molar-refractivity contribution in [3.05, 3.63) is 84.7 Å². The first kappa shape index (κ1) is 18.7. The molecule has 6 aromatic rings. The quantitative estimate of drug-likeness (QED) is 0.409. The number of aromatic amines is 1. The molecule has 7 nitrogen and oxygen atoms in total. The highest BCUT2D eigenvalue weighted by Gasteiger charge is 2.14. The van der Waals surface area contributed by atoms with Crippen LogP contribution >= 0.6 is 0 Å². The Kier molecular flexibility index (Phi) is 4.40. The third-order valence-electron chi connectivity index (χ3n) is 5.62. The Bertz CT molecular complexity index is 1510. The Balaban J connectivity index is 1.21. The Morgan fingerprint density at radius 2 is 1.94 bits per heavy atom. The zero-order chi connectivity index (χ0) is 21.5. The van der Waals surface area contributed by atoms with Crippen LogP contribution in [0.1, 0.15) is 5.56 Å². The molecule has 4 aromatic heterocycles. The molecule has 4 heterocycles. The lowest BCUT2D eigenvalue weighted by Gasteiger charge is -2.12. The summed E-state index contributed by atoms with van der Waals surface area (Å²) in [6, 6.07) is 21.6. The lowest BCUT2D eigenvalue weighted by atomic mass is 10.1. The molecule has 0 aliphatic heterocycles. The number of ether oxygens (including phenoxy) is 1. The van der Waals surface area contributed by atoms with Gasteiger partial charge in [-0.25, -0.2) is 9.50 Å². The number of fused-ring (bicyclic) bond motifs is 3. The second kappa shape index (κ2) is 7.55. The first-order chi connectivity index (χ1) is 15.7. The first-order valence-corrected chi connectivity index (χ1v) is 10.5. The number of hydrogen-bond acceptors (Lipinski definition) is 5. The van der Waals surface area contributed by atoms with Crippen LogP contribution < -0.4 is 10.5 Å². The van der Waals surface area contributed by atoms with Crippen molar-refractivity contribution in [2.24, 2.45) is 5.73 Å². The number of benzene rings is 2. The molecule has 0 amide bonds. The molecule has 158 valence electrons. The van der Waals surface area contributed by atoms with E-state index in [1.54, 1.807) is 10.7 Å². The van der Waals surface area contributed by atoms with E-state index in [1.165, 1.54) is 10.9 Å². The normalized spacial score (nSPS) is 12.7. The van der Waals surface area contributed by atoms with Crippen LogP contribution in [0.5, 0.6) is 5.88 Å². The molecule has 1 unspecified atom stereocenters. The number of H-pyrrole nitrogens is 1. The van der Waals surface area contributed by atoms with Gasteiger partial charge in [-0.2, -0.15) is 0 Å². The van der Waals surface area contributed by atoms with Crippen molar-refractivity contribution in [3.63, 3.8) is 0 Å². The summed E-state index contributed by atoms with van der Waals surface area (Å²) in [4.78, 5) is 7.73. The van der Waals surface area contributed by atoms with E-state index in [-0.39, 0.29) is 6.04 Å². The summed E-state index contributed by atoms with van der Waals surface area (Å²) in [5.41, 5.74) is 11.0. The van der Waals surface area contributed by atoms with Crippen LogP contribution in [0.3, 0.4) is 0 Å². The van der Waals surface area contributed by atoms with Crippen LogP contribution in [0.4, 0.5) is 0 Å². The maximum absolute atomic E-state index is 6.36. The smallest absolute Gasteiger partial charge is 0.231 e. The van der Waals surface area contributed by atoms with Crippen molar-refractivity contribution in [2.45, 2.75) is 12.5 Å². The van der Waals surface area contributed by atoms with E-state index in [4.69, 9.17) is 14.9 Å². The molecular formula is C25H21N5O2. The second-order valence-electron chi connectivity index (χ2n) is 7.87. The van der Waals surface area contributed by atoms with Gasteiger partial charge in [0.25, 0.3) is 0 Å². The highest BCUT2D eigenvalue weighted by Crippen LogP contribution is 2.28. The van der Waals surface area contributed by atoms with Gasteiger partial charge in [0.05, 0.1) is 6.20 Å². The second-order valence-corrected chi connectivity index (χ2v) is 7.87. The number of aromatic nitrogens is 4. The monoisotopic (exact) mass is 423 g/mol. The zero-order valence-electron chi connectivity index (χ0n) is 17.2. The van der Waals surface area contributed by atoms with Gasteiger partial charge < -0.3 is 19.9 Å². The summed E-state index contributed by atoms with van der Waals surface area (Å²) in [5, 5.41) is 6.84. The van der Waals surface area contributed by atoms with Gasteiger partial charge in [0, 0.05) is 34.6 Å². The van der Waals surface area contributed by atoms with E-state index >= 15 is 0 Å². The number of nitrogens with one attached hydrogen (secondary N) is 1. The Morgan fingerprint density at radius 1 is 1.06 bits per heavy atom. The van der Waals surface area contributed by atoms with Gasteiger partial charge in [0.1, 0.15) is 17.9 Å². The van der Waals surface area contributed by atoms with Gasteiger partial charge in [-0.05, 0) is 36.2 Å². The van der Waals surface area contributed by atoms with Gasteiger partial charge in [-0.1, -0.05) is 36.4 Å². The largest absolute Gasteiger partial charge is 0.475 e. The van der Waals surface area contributed by atoms with E-state index in [2.05, 4.69) is 27.2 Å². The summed E-state index contributed by atoms with van der Waals surface area (Å²) in [7, 11) is 0. The number of imidazole rings is 1. The van der Waals surface area contributed by atoms with Gasteiger partial charge in [0.15, 0.2) is 11.4 Å². The standard InChI is InChI=1S/C25H21N5O2/c26-18(11-17-13-27-20-7-3-2-6-19(17)20)15-31-25-10-9-24-28-14-21(30(24)29-25)23-12-16-5-1-4-8-22(16)32-23/h1-10,12-14,18,27H,11,15,26H2. The third kappa shape index (κ3) is 3.29. The average Bonchev–Trinajstić information content (AvgIpc) is 3.54. The SMILES string of the molecule is NC(COc1ccc2ncc(-c3cc4ccccc4o3)n2n1)Cc1c[nH]c2ccccc12. The Morgan fingerprint density at radius 3 is 2.88 bits per heavy atom. The third-order valence-corrected chi connectivity index (χ3v) is 5.62. The van der Waals surface area contributed by atoms with Crippen molar-refractivity contribution in [2.75, 3.05) is 6.61 Å². The summed E-state index contributed by atoms with van der Waals surface area (Å²) in [6.07, 6.45) is 4.48. The molecule has 0 saturated heterocycles. The van der Waals surface area contributed by atoms with E-state index in [0.29, 0.717) is 24.7 Å². The lowest BCUT2D eigenvalue weighted by molar-refractivity contribution is 0.273. The molecule has 0 saturated carbocycles. The fourth-order valence-corrected chi connectivity index (χ4v) is 4.04. The van der Waals surface area contributed by atoms with Crippen molar-refractivity contribution in [1.82, 2.24) is 19.6 Å². The van der Waals surface area contributed by atoms with Gasteiger partial charge >= 0.3 is 0 Å². The molecule has 3 N–H and O–H groups in total. The molecule has 2 aromatic carbocycles. The van der Waals surface area contributed by atoms with Crippen LogP contribution in [0.15, 0.2) is 83.5 Å². The maximum Gasteiger partial charge on any atom is 0.231 e. The molecule has 0 fully saturated rings. The number of rotatable bonds is 6. The molecule has 0 aliphatic rings. The number of nitrogens with two attached hydrogens (primary N) is 1. The van der Waals surface area contributed by atoms with Crippen molar-refractivity contribution < 1.29 is 9.15 Å². The zero-order valence-corrected chi connectivity index (χ0v) is 17.2. The summed E-state index contributed by atoms with van der Waals surface area (Å²) < 4.78 is 13.7. The predicted molar refractivity (Wildman–Crippen MR) is 124 cm³/mol. The number of furan rings is 1. The van der Waals surface area contributed by atoms with E-state index in [1.807, 2.05) is 60.8 Å². The van der Waals surface area contributed by atoms with Gasteiger partial charge in [-0.15, -0.1) is 5.10 Å². The summed E-state index contributed by atoms with van der Waals surface area (Å²) in [5.74, 6) is 1.20. The lowest BCUT2D eigenvalue weighted by Crippen LogP contribution is -2.30. The molecule has 6 rings (SSSR count). The average molecular weight is 423 g/mol. The van der Waals surface area contributed by atoms with Crippen molar-refractivity contribution >= 4 is 27.5 Å². The predicted octanol–water partition coefficient (Wildman–Crippen LogP) is 4.57. The maximum atomic E-state index is 6.36. The molecule has 0 bridgehead atoms. The fourth-order valence-electron chi connectivity index (χ4n) is 4.04. The van der Waals surface area contributed by atoms with E-state index < -0.39 is 0 Å². The summed E-state index contributed by atoms with van der Waals surface area (Å²) >= 11 is 0. The minimum absolute atomic E-state index is 0.163. The first-order valence-electron chi connectivity index (χ1n) is 10.5. The molecule has 7 heteroatoms. The van der Waals surface area contributed by atoms with Crippen LogP contribution in [0.2, 0.25) is 0 Å². The highest BCUT2D eigenvalue weighted by atomic mass is 16.5. The highest BCUT2D eigenvalue weighted by molar-refractivity contribution is 5.83. The summed E-state index contributed by atoms with van der Waals surface area (Å²) in [6.45, 7) is 0.354. The van der Waals surface area contributed by atoms with Gasteiger partial charge in [-0.3, -0.25) is 0 Å². The molecule has 0 aliphatic carbocycles. The minimum Gasteiger partial charge on any atom is -0.475 e. The molecule has 0 radical (unpaired) electrons. The van der Waals surface area contributed by atoms with Crippen molar-refractivity contribution in [3.8, 4) is 17.3 Å². The molecule has 32 heavy (non-hydrogen) atoms. The van der Waals surface area contributed by atoms with E-state index in [0.717, 1.165) is 27.8 Å². The van der Waals surface area contributed by atoms with Crippen LogP contribution in [0, 0.1) is 0 Å². The molecule has 1 atom stereocenters. The topological polar surface area (TPSA) is 94.4 Å². The van der Waals surface area contributed by atoms with Gasteiger partial charge in [0.2, 0.25) is 5.88 Å². The van der Waals surface area contributed by atoms with E-state index in [9.17, 15) is 0 Å². The van der Waals surface area contributed by atoms with Crippen LogP contribution in [-0.4, -0.2) is 32.2 Å². The fraction of sp³-hybridized carbons (Fsp3) is 0.120. The number of hydrogen-bond donors (Lipinski definition) is 2. The van der Waals surface area contributed by atoms with Crippen molar-refractivity contribution in [1.29, 1.82) is 0 Å².